The van der Waals surface area contributed by atoms with Crippen molar-refractivity contribution in [1.29, 1.82) is 0 Å². The lowest BCUT2D eigenvalue weighted by Gasteiger charge is -2.06. The number of hydrogen-bond acceptors (Lipinski definition) is 6. The van der Waals surface area contributed by atoms with Gasteiger partial charge in [-0.25, -0.2) is 4.98 Å². The van der Waals surface area contributed by atoms with Gasteiger partial charge in [-0.1, -0.05) is 0 Å². The lowest BCUT2D eigenvalue weighted by molar-refractivity contribution is -0.385. The summed E-state index contributed by atoms with van der Waals surface area (Å²) in [5, 5.41) is 15.5. The summed E-state index contributed by atoms with van der Waals surface area (Å²) in [5.74, 6) is -1.17. The average molecular weight is 267 g/mol. The predicted molar refractivity (Wildman–Crippen MR) is 66.3 cm³/mol. The van der Waals surface area contributed by atoms with E-state index in [-0.39, 0.29) is 23.8 Å². The highest BCUT2D eigenvalue weighted by Gasteiger charge is 2.21. The SMILES string of the molecule is CCNC(=O)CNC(=O)c1cc(N)ncc1[N+](=O)[O-]. The van der Waals surface area contributed by atoms with Crippen LogP contribution >= 0.6 is 0 Å². The first kappa shape index (κ1) is 14.4. The van der Waals surface area contributed by atoms with Gasteiger partial charge in [-0.2, -0.15) is 0 Å². The van der Waals surface area contributed by atoms with E-state index in [0.717, 1.165) is 12.3 Å². The van der Waals surface area contributed by atoms with Crippen LogP contribution in [0, 0.1) is 10.1 Å². The van der Waals surface area contributed by atoms with Crippen LogP contribution in [-0.4, -0.2) is 34.8 Å². The van der Waals surface area contributed by atoms with Gasteiger partial charge in [-0.15, -0.1) is 0 Å². The van der Waals surface area contributed by atoms with Crippen LogP contribution in [0.2, 0.25) is 0 Å². The van der Waals surface area contributed by atoms with E-state index < -0.39 is 16.5 Å². The maximum Gasteiger partial charge on any atom is 0.300 e. The number of carbonyl (C=O) groups is 2. The molecule has 0 atom stereocenters. The first-order valence-corrected chi connectivity index (χ1v) is 5.40. The largest absolute Gasteiger partial charge is 0.384 e. The molecule has 0 spiro atoms. The van der Waals surface area contributed by atoms with Crippen molar-refractivity contribution in [3.63, 3.8) is 0 Å². The van der Waals surface area contributed by atoms with Crippen LogP contribution in [0.3, 0.4) is 0 Å². The Kier molecular flexibility index (Phi) is 4.75. The molecule has 2 amide bonds. The molecule has 0 fully saturated rings. The number of hydrogen-bond donors (Lipinski definition) is 3. The Morgan fingerprint density at radius 2 is 2.16 bits per heavy atom. The van der Waals surface area contributed by atoms with Gasteiger partial charge in [-0.05, 0) is 13.0 Å². The molecule has 0 bridgehead atoms. The topological polar surface area (TPSA) is 140 Å². The van der Waals surface area contributed by atoms with Gasteiger partial charge in [0.2, 0.25) is 5.91 Å². The quantitative estimate of drug-likeness (QED) is 0.482. The molecule has 4 N–H and O–H groups in total. The molecule has 0 radical (unpaired) electrons. The van der Waals surface area contributed by atoms with E-state index in [2.05, 4.69) is 15.6 Å². The minimum atomic E-state index is -0.757. The number of amides is 2. The zero-order chi connectivity index (χ0) is 14.4. The number of anilines is 1. The molecule has 9 heteroatoms. The summed E-state index contributed by atoms with van der Waals surface area (Å²) >= 11 is 0. The van der Waals surface area contributed by atoms with E-state index in [4.69, 9.17) is 5.73 Å². The number of aromatic nitrogens is 1. The normalized spacial score (nSPS) is 9.74. The molecule has 102 valence electrons. The maximum absolute atomic E-state index is 11.8. The third kappa shape index (κ3) is 3.91. The Morgan fingerprint density at radius 3 is 2.74 bits per heavy atom. The zero-order valence-corrected chi connectivity index (χ0v) is 10.2. The van der Waals surface area contributed by atoms with Crippen molar-refractivity contribution in [3.05, 3.63) is 27.9 Å². The number of nitro groups is 1. The summed E-state index contributed by atoms with van der Waals surface area (Å²) in [4.78, 5) is 36.5. The van der Waals surface area contributed by atoms with E-state index in [1.807, 2.05) is 0 Å². The predicted octanol–water partition coefficient (Wildman–Crippen LogP) is -0.562. The third-order valence-corrected chi connectivity index (χ3v) is 2.13. The highest BCUT2D eigenvalue weighted by atomic mass is 16.6. The summed E-state index contributed by atoms with van der Waals surface area (Å²) in [7, 11) is 0. The van der Waals surface area contributed by atoms with E-state index in [9.17, 15) is 19.7 Å². The number of nitrogens with one attached hydrogen (secondary N) is 2. The van der Waals surface area contributed by atoms with Crippen LogP contribution < -0.4 is 16.4 Å². The molecule has 9 nitrogen and oxygen atoms in total. The van der Waals surface area contributed by atoms with Crippen molar-refractivity contribution in [3.8, 4) is 0 Å². The molecule has 1 aromatic rings. The molecule has 0 unspecified atom stereocenters. The Balaban J connectivity index is 2.84. The second-order valence-corrected chi connectivity index (χ2v) is 3.52. The molecule has 0 aliphatic heterocycles. The van der Waals surface area contributed by atoms with Crippen molar-refractivity contribution in [2.75, 3.05) is 18.8 Å². The van der Waals surface area contributed by atoms with Crippen LogP contribution in [-0.2, 0) is 4.79 Å². The Labute approximate surface area is 108 Å². The number of carbonyl (C=O) groups excluding carboxylic acids is 2. The van der Waals surface area contributed by atoms with Gasteiger partial charge in [0.05, 0.1) is 11.5 Å². The van der Waals surface area contributed by atoms with Crippen LogP contribution in [0.25, 0.3) is 0 Å². The molecule has 0 saturated heterocycles. The molecule has 0 saturated carbocycles. The molecule has 1 heterocycles. The lowest BCUT2D eigenvalue weighted by atomic mass is 10.2. The first-order chi connectivity index (χ1) is 8.95. The van der Waals surface area contributed by atoms with E-state index in [1.54, 1.807) is 6.92 Å². The summed E-state index contributed by atoms with van der Waals surface area (Å²) in [5.41, 5.74) is 4.67. The van der Waals surface area contributed by atoms with Gasteiger partial charge >= 0.3 is 0 Å². The minimum absolute atomic E-state index is 0.0197. The molecule has 0 aliphatic rings. The number of nitrogen functional groups attached to an aromatic ring is 1. The molecule has 0 aromatic carbocycles. The first-order valence-electron chi connectivity index (χ1n) is 5.40. The molecule has 1 rings (SSSR count). The van der Waals surface area contributed by atoms with Crippen LogP contribution in [0.4, 0.5) is 11.5 Å². The second-order valence-electron chi connectivity index (χ2n) is 3.52. The van der Waals surface area contributed by atoms with Gasteiger partial charge in [0.25, 0.3) is 11.6 Å². The van der Waals surface area contributed by atoms with Crippen LogP contribution in [0.1, 0.15) is 17.3 Å². The molecule has 0 aliphatic carbocycles. The summed E-state index contributed by atoms with van der Waals surface area (Å²) in [6.45, 7) is 1.89. The number of likely N-dealkylation sites (N-methyl/N-ethyl adjacent to an activating group) is 1. The van der Waals surface area contributed by atoms with E-state index in [0.29, 0.717) is 6.54 Å². The van der Waals surface area contributed by atoms with Gasteiger partial charge < -0.3 is 16.4 Å². The molecular weight excluding hydrogens is 254 g/mol. The van der Waals surface area contributed by atoms with Crippen LogP contribution in [0.5, 0.6) is 0 Å². The Bertz CT molecular complexity index is 517. The fraction of sp³-hybridized carbons (Fsp3) is 0.300. The standard InChI is InChI=1S/C10H13N5O4/c1-2-12-9(16)5-14-10(17)6-3-8(11)13-4-7(6)15(18)19/h3-4H,2,5H2,1H3,(H2,11,13)(H,12,16)(H,14,17). The van der Waals surface area contributed by atoms with E-state index in [1.165, 1.54) is 0 Å². The third-order valence-electron chi connectivity index (χ3n) is 2.13. The number of nitrogens with two attached hydrogens (primary N) is 1. The van der Waals surface area contributed by atoms with Crippen molar-refractivity contribution in [1.82, 2.24) is 15.6 Å². The van der Waals surface area contributed by atoms with Crippen molar-refractivity contribution in [2.45, 2.75) is 6.92 Å². The molecular formula is C10H13N5O4. The molecule has 1 aromatic heterocycles. The smallest absolute Gasteiger partial charge is 0.300 e. The summed E-state index contributed by atoms with van der Waals surface area (Å²) in [6, 6.07) is 1.09. The summed E-state index contributed by atoms with van der Waals surface area (Å²) < 4.78 is 0. The maximum atomic E-state index is 11.8. The summed E-state index contributed by atoms with van der Waals surface area (Å²) in [6.07, 6.45) is 0.899. The number of pyridine rings is 1. The zero-order valence-electron chi connectivity index (χ0n) is 10.2. The Morgan fingerprint density at radius 1 is 1.47 bits per heavy atom. The second kappa shape index (κ2) is 6.28. The van der Waals surface area contributed by atoms with Gasteiger partial charge in [0, 0.05) is 6.54 Å². The monoisotopic (exact) mass is 267 g/mol. The highest BCUT2D eigenvalue weighted by Crippen LogP contribution is 2.18. The van der Waals surface area contributed by atoms with Crippen molar-refractivity contribution >= 4 is 23.3 Å². The number of rotatable bonds is 5. The average Bonchev–Trinajstić information content (AvgIpc) is 2.35. The van der Waals surface area contributed by atoms with Gasteiger partial charge in [-0.3, -0.25) is 19.7 Å². The van der Waals surface area contributed by atoms with Crippen LogP contribution in [0.15, 0.2) is 12.3 Å². The minimum Gasteiger partial charge on any atom is -0.384 e. The fourth-order valence-corrected chi connectivity index (χ4v) is 1.31. The fourth-order valence-electron chi connectivity index (χ4n) is 1.31. The van der Waals surface area contributed by atoms with E-state index >= 15 is 0 Å². The number of nitrogens with zero attached hydrogens (tertiary/aromatic N) is 2. The molecule has 19 heavy (non-hydrogen) atoms. The highest BCUT2D eigenvalue weighted by molar-refractivity contribution is 6.00. The van der Waals surface area contributed by atoms with Gasteiger partial charge in [0.15, 0.2) is 0 Å². The van der Waals surface area contributed by atoms with Crippen molar-refractivity contribution in [2.24, 2.45) is 0 Å². The van der Waals surface area contributed by atoms with Gasteiger partial charge in [0.1, 0.15) is 17.6 Å². The Hall–Kier alpha value is -2.71. The lowest BCUT2D eigenvalue weighted by Crippen LogP contribution is -2.37. The van der Waals surface area contributed by atoms with Crippen molar-refractivity contribution < 1.29 is 14.5 Å².